The Kier molecular flexibility index (Phi) is 5.58. The number of nitrogens with one attached hydrogen (secondary N) is 2. The fourth-order valence-electron chi connectivity index (χ4n) is 3.27. The molecule has 2 aromatic rings. The molecular weight excluding hydrogens is 316 g/mol. The topological polar surface area (TPSA) is 70.2 Å². The van der Waals surface area contributed by atoms with Crippen LogP contribution < -0.4 is 15.0 Å². The van der Waals surface area contributed by atoms with Crippen molar-refractivity contribution < 1.29 is 9.53 Å². The van der Waals surface area contributed by atoms with Gasteiger partial charge in [0.1, 0.15) is 5.75 Å². The number of aromatic nitrogens is 2. The predicted molar refractivity (Wildman–Crippen MR) is 98.3 cm³/mol. The fraction of sp³-hybridized carbons (Fsp3) is 0.474. The van der Waals surface area contributed by atoms with Crippen LogP contribution in [0.4, 0.5) is 10.5 Å². The molecule has 1 aliphatic rings. The minimum Gasteiger partial charge on any atom is -0.493 e. The number of hydrogen-bond donors (Lipinski definition) is 2. The summed E-state index contributed by atoms with van der Waals surface area (Å²) in [5, 5.41) is 2.95. The zero-order chi connectivity index (χ0) is 17.6. The number of benzene rings is 1. The molecule has 6 heteroatoms. The largest absolute Gasteiger partial charge is 0.493 e. The highest BCUT2D eigenvalue weighted by Gasteiger charge is 2.24. The Labute approximate surface area is 148 Å². The molecule has 2 heterocycles. The Morgan fingerprint density at radius 1 is 1.44 bits per heavy atom. The van der Waals surface area contributed by atoms with Gasteiger partial charge in [0.2, 0.25) is 0 Å². The van der Waals surface area contributed by atoms with E-state index in [-0.39, 0.29) is 6.03 Å². The molecule has 0 spiro atoms. The number of urea groups is 1. The van der Waals surface area contributed by atoms with E-state index in [0.717, 1.165) is 43.0 Å². The number of H-pyrrole nitrogens is 1. The number of fused-ring (bicyclic) bond motifs is 1. The van der Waals surface area contributed by atoms with Gasteiger partial charge in [-0.3, -0.25) is 4.90 Å². The van der Waals surface area contributed by atoms with Crippen LogP contribution in [-0.2, 0) is 6.42 Å². The van der Waals surface area contributed by atoms with Crippen LogP contribution in [0.15, 0.2) is 30.7 Å². The lowest BCUT2D eigenvalue weighted by Gasteiger charge is -2.28. The number of carbonyl (C=O) groups is 1. The van der Waals surface area contributed by atoms with Gasteiger partial charge in [-0.15, -0.1) is 0 Å². The van der Waals surface area contributed by atoms with Crippen LogP contribution in [0, 0.1) is 0 Å². The molecule has 0 bridgehead atoms. The normalized spacial score (nSPS) is 16.0. The monoisotopic (exact) mass is 342 g/mol. The van der Waals surface area contributed by atoms with E-state index in [1.54, 1.807) is 11.2 Å². The number of rotatable bonds is 6. The number of imidazole rings is 1. The van der Waals surface area contributed by atoms with Gasteiger partial charge >= 0.3 is 6.03 Å². The van der Waals surface area contributed by atoms with Crippen molar-refractivity contribution in [2.75, 3.05) is 24.6 Å². The molecule has 3 rings (SSSR count). The van der Waals surface area contributed by atoms with E-state index in [0.29, 0.717) is 19.0 Å². The zero-order valence-corrected chi connectivity index (χ0v) is 14.9. The highest BCUT2D eigenvalue weighted by atomic mass is 16.5. The van der Waals surface area contributed by atoms with Crippen LogP contribution in [0.5, 0.6) is 5.75 Å². The van der Waals surface area contributed by atoms with Gasteiger partial charge < -0.3 is 15.0 Å². The van der Waals surface area contributed by atoms with Crippen molar-refractivity contribution in [1.29, 1.82) is 0 Å². The Hall–Kier alpha value is -2.50. The Morgan fingerprint density at radius 3 is 3.04 bits per heavy atom. The molecule has 1 aromatic carbocycles. The number of ether oxygens (including phenoxy) is 1. The van der Waals surface area contributed by atoms with Crippen LogP contribution in [0.25, 0.3) is 0 Å². The van der Waals surface area contributed by atoms with Crippen molar-refractivity contribution in [3.05, 3.63) is 42.0 Å². The van der Waals surface area contributed by atoms with Gasteiger partial charge in [-0.25, -0.2) is 9.78 Å². The maximum absolute atomic E-state index is 12.4. The molecule has 0 radical (unpaired) electrons. The van der Waals surface area contributed by atoms with Crippen molar-refractivity contribution in [3.8, 4) is 5.75 Å². The zero-order valence-electron chi connectivity index (χ0n) is 14.9. The number of amides is 2. The first kappa shape index (κ1) is 17.3. The number of carbonyl (C=O) groups excluding carboxylic acids is 1. The van der Waals surface area contributed by atoms with Crippen molar-refractivity contribution in [1.82, 2.24) is 15.3 Å². The van der Waals surface area contributed by atoms with Gasteiger partial charge in [-0.1, -0.05) is 6.92 Å². The second kappa shape index (κ2) is 8.05. The average Bonchev–Trinajstić information content (AvgIpc) is 3.14. The average molecular weight is 342 g/mol. The molecular formula is C19H26N4O2. The van der Waals surface area contributed by atoms with E-state index < -0.39 is 0 Å². The van der Waals surface area contributed by atoms with Gasteiger partial charge in [-0.05, 0) is 55.9 Å². The lowest BCUT2D eigenvalue weighted by atomic mass is 9.89. The molecule has 0 saturated carbocycles. The van der Waals surface area contributed by atoms with E-state index in [1.165, 1.54) is 5.56 Å². The molecule has 0 saturated heterocycles. The maximum atomic E-state index is 12.4. The van der Waals surface area contributed by atoms with Crippen molar-refractivity contribution in [3.63, 3.8) is 0 Å². The molecule has 6 nitrogen and oxygen atoms in total. The summed E-state index contributed by atoms with van der Waals surface area (Å²) in [5.74, 6) is 1.28. The summed E-state index contributed by atoms with van der Waals surface area (Å²) in [5.41, 5.74) is 3.20. The summed E-state index contributed by atoms with van der Waals surface area (Å²) in [6.45, 7) is 6.07. The van der Waals surface area contributed by atoms with Crippen molar-refractivity contribution in [2.45, 2.75) is 39.0 Å². The smallest absolute Gasteiger partial charge is 0.321 e. The molecule has 25 heavy (non-hydrogen) atoms. The summed E-state index contributed by atoms with van der Waals surface area (Å²) in [6.07, 6.45) is 6.36. The third-order valence-electron chi connectivity index (χ3n) is 4.58. The predicted octanol–water partition coefficient (Wildman–Crippen LogP) is 3.46. The minimum atomic E-state index is -0.0499. The van der Waals surface area contributed by atoms with E-state index in [9.17, 15) is 4.79 Å². The van der Waals surface area contributed by atoms with Gasteiger partial charge in [-0.2, -0.15) is 0 Å². The van der Waals surface area contributed by atoms with Gasteiger partial charge in [0, 0.05) is 30.7 Å². The molecule has 1 aromatic heterocycles. The van der Waals surface area contributed by atoms with E-state index in [2.05, 4.69) is 21.4 Å². The van der Waals surface area contributed by atoms with Gasteiger partial charge in [0.15, 0.2) is 0 Å². The molecule has 0 fully saturated rings. The van der Waals surface area contributed by atoms with E-state index in [4.69, 9.17) is 4.74 Å². The highest BCUT2D eigenvalue weighted by Crippen LogP contribution is 2.38. The fourth-order valence-corrected chi connectivity index (χ4v) is 3.27. The summed E-state index contributed by atoms with van der Waals surface area (Å²) >= 11 is 0. The quantitative estimate of drug-likeness (QED) is 0.844. The maximum Gasteiger partial charge on any atom is 0.321 e. The number of hydrogen-bond acceptors (Lipinski definition) is 3. The van der Waals surface area contributed by atoms with Crippen molar-refractivity contribution in [2.24, 2.45) is 0 Å². The second-order valence-electron chi connectivity index (χ2n) is 6.31. The van der Waals surface area contributed by atoms with E-state index >= 15 is 0 Å². The summed E-state index contributed by atoms with van der Waals surface area (Å²) < 4.78 is 5.82. The van der Waals surface area contributed by atoms with E-state index in [1.807, 2.05) is 32.2 Å². The van der Waals surface area contributed by atoms with Crippen LogP contribution in [0.2, 0.25) is 0 Å². The Bertz CT molecular complexity index is 699. The first-order valence-corrected chi connectivity index (χ1v) is 9.02. The molecule has 1 unspecified atom stereocenters. The van der Waals surface area contributed by atoms with Crippen molar-refractivity contribution >= 4 is 11.7 Å². The standard InChI is InChI=1S/C19H26N4O2/c1-3-8-21-19(24)23(4-2)16-5-6-18-17(11-16)14(7-9-25-18)10-15-12-20-13-22-15/h5-6,11-14H,3-4,7-10H2,1-2H3,(H,20,22)(H,21,24). The molecule has 2 N–H and O–H groups in total. The van der Waals surface area contributed by atoms with Crippen LogP contribution in [0.3, 0.4) is 0 Å². The summed E-state index contributed by atoms with van der Waals surface area (Å²) in [4.78, 5) is 21.5. The molecule has 1 atom stereocenters. The summed E-state index contributed by atoms with van der Waals surface area (Å²) in [6, 6.07) is 6.00. The number of anilines is 1. The number of nitrogens with zero attached hydrogens (tertiary/aromatic N) is 2. The molecule has 2 amide bonds. The SMILES string of the molecule is CCCNC(=O)N(CC)c1ccc2c(c1)C(Cc1cnc[nH]1)CCO2. The molecule has 1 aliphatic heterocycles. The number of aromatic amines is 1. The first-order chi connectivity index (χ1) is 12.2. The third kappa shape index (κ3) is 3.95. The highest BCUT2D eigenvalue weighted by molar-refractivity contribution is 5.92. The second-order valence-corrected chi connectivity index (χ2v) is 6.31. The molecule has 0 aliphatic carbocycles. The lowest BCUT2D eigenvalue weighted by Crippen LogP contribution is -2.40. The minimum absolute atomic E-state index is 0.0499. The van der Waals surface area contributed by atoms with Crippen LogP contribution >= 0.6 is 0 Å². The van der Waals surface area contributed by atoms with Crippen LogP contribution in [-0.4, -0.2) is 35.7 Å². The van der Waals surface area contributed by atoms with Gasteiger partial charge in [0.25, 0.3) is 0 Å². The van der Waals surface area contributed by atoms with Crippen LogP contribution in [0.1, 0.15) is 43.9 Å². The third-order valence-corrected chi connectivity index (χ3v) is 4.58. The summed E-state index contributed by atoms with van der Waals surface area (Å²) in [7, 11) is 0. The Balaban J connectivity index is 1.84. The Morgan fingerprint density at radius 2 is 2.32 bits per heavy atom. The van der Waals surface area contributed by atoms with Gasteiger partial charge in [0.05, 0.1) is 12.9 Å². The lowest BCUT2D eigenvalue weighted by molar-refractivity contribution is 0.246. The molecule has 134 valence electrons. The first-order valence-electron chi connectivity index (χ1n) is 9.02.